The van der Waals surface area contributed by atoms with Crippen LogP contribution in [-0.4, -0.2) is 5.60 Å². The monoisotopic (exact) mass is 999 g/mol. The van der Waals surface area contributed by atoms with Gasteiger partial charge in [0, 0.05) is 27.8 Å². The number of hydrogen-bond acceptors (Lipinski definition) is 7. The molecule has 0 atom stereocenters. The summed E-state index contributed by atoms with van der Waals surface area (Å²) in [6.45, 7) is 47.3. The van der Waals surface area contributed by atoms with Crippen LogP contribution < -0.4 is 31.9 Å². The number of aryl methyl sites for hydroxylation is 8. The lowest BCUT2D eigenvalue weighted by Crippen LogP contribution is -2.25. The Morgan fingerprint density at radius 3 is 0.831 bits per heavy atom. The van der Waals surface area contributed by atoms with E-state index in [-0.39, 0.29) is 5.41 Å². The molecule has 9 heteroatoms. The second kappa shape index (κ2) is 21.1. The van der Waals surface area contributed by atoms with Crippen LogP contribution in [0, 0.1) is 69.2 Å². The average molecular weight is 999 g/mol. The fourth-order valence-corrected chi connectivity index (χ4v) is 11.2. The molecule has 0 saturated heterocycles. The summed E-state index contributed by atoms with van der Waals surface area (Å²) in [7, 11) is -4.31. The van der Waals surface area contributed by atoms with Gasteiger partial charge in [-0.3, -0.25) is 0 Å². The van der Waals surface area contributed by atoms with E-state index >= 15 is 0 Å². The molecule has 0 saturated carbocycles. The summed E-state index contributed by atoms with van der Waals surface area (Å²) in [5, 5.41) is 0. The third-order valence-corrected chi connectivity index (χ3v) is 14.1. The zero-order valence-corrected chi connectivity index (χ0v) is 48.6. The van der Waals surface area contributed by atoms with E-state index in [4.69, 9.17) is 31.9 Å². The lowest BCUT2D eigenvalue weighted by molar-refractivity contribution is 0.129. The highest BCUT2D eigenvalue weighted by atomic mass is 31.2. The molecule has 6 aromatic rings. The summed E-state index contributed by atoms with van der Waals surface area (Å²) in [5.41, 5.74) is 13.6. The van der Waals surface area contributed by atoms with Crippen LogP contribution in [0.15, 0.2) is 84.9 Å². The van der Waals surface area contributed by atoms with Crippen molar-refractivity contribution in [3.8, 4) is 51.4 Å². The number of benzene rings is 6. The van der Waals surface area contributed by atoms with Gasteiger partial charge in [-0.25, -0.2) is 0 Å². The van der Waals surface area contributed by atoms with E-state index in [0.29, 0.717) is 34.5 Å². The van der Waals surface area contributed by atoms with Gasteiger partial charge in [-0.15, -0.1) is 0 Å². The highest BCUT2D eigenvalue weighted by Gasteiger charge is 2.38. The Bertz CT molecular complexity index is 2720. The van der Waals surface area contributed by atoms with Crippen molar-refractivity contribution in [2.75, 3.05) is 0 Å². The van der Waals surface area contributed by atoms with Crippen molar-refractivity contribution in [3.05, 3.63) is 157 Å². The molecule has 0 aromatic heterocycles. The Hall–Kier alpha value is -5.22. The van der Waals surface area contributed by atoms with Crippen molar-refractivity contribution < 1.29 is 31.9 Å². The lowest BCUT2D eigenvalue weighted by atomic mass is 9.74. The van der Waals surface area contributed by atoms with Gasteiger partial charge >= 0.3 is 17.2 Å². The second-order valence-corrected chi connectivity index (χ2v) is 25.8. The van der Waals surface area contributed by atoms with Crippen molar-refractivity contribution in [2.45, 2.75) is 174 Å². The Morgan fingerprint density at radius 2 is 0.563 bits per heavy atom. The molecule has 71 heavy (non-hydrogen) atoms. The van der Waals surface area contributed by atoms with Gasteiger partial charge in [0.25, 0.3) is 0 Å². The predicted octanol–water partition coefficient (Wildman–Crippen LogP) is 19.0. The fraction of sp³-hybridized carbons (Fsp3) is 0.419. The quantitative estimate of drug-likeness (QED) is 0.101. The summed E-state index contributed by atoms with van der Waals surface area (Å²) >= 11 is 0. The van der Waals surface area contributed by atoms with Gasteiger partial charge in [0.2, 0.25) is 0 Å². The van der Waals surface area contributed by atoms with Crippen LogP contribution in [-0.2, 0) is 16.2 Å². The Morgan fingerprint density at radius 1 is 0.296 bits per heavy atom. The fourth-order valence-electron chi connectivity index (χ4n) is 9.16. The minimum Gasteiger partial charge on any atom is -0.488 e. The predicted molar refractivity (Wildman–Crippen MR) is 299 cm³/mol. The zero-order chi connectivity index (χ0) is 52.7. The first-order valence-corrected chi connectivity index (χ1v) is 27.0. The van der Waals surface area contributed by atoms with Crippen LogP contribution in [0.1, 0.15) is 155 Å². The SMILES string of the molecule is Cc1cc(C)cc(OP(Oc2cc(C)cc(C)c2)Oc2c(C(C)(C)C)cc(OC(C)(C)C)c(C)c2-c2c(C)c(C(C)(C)C)cc(C(C)(C)C)c2OP(Oc2cc(C)cc(C)c2)Oc2cc(C)cc(C)c2)c1. The van der Waals surface area contributed by atoms with Gasteiger partial charge in [0.05, 0.1) is 0 Å². The van der Waals surface area contributed by atoms with Crippen molar-refractivity contribution in [3.63, 3.8) is 0 Å². The maximum atomic E-state index is 7.57. The standard InChI is InChI=1S/C62H80O7P2/c1-37-23-38(2)28-47(27-37)64-70(65-48-29-39(3)24-40(4)30-48)68-57-52(60(14,15)16)35-51(59(11,12)13)45(9)55(57)56-46(10)54(63-62(20,21)22)36-53(61(17,18)19)58(56)69-71(66-49-31-41(5)25-42(6)32-49)67-50-33-43(7)26-44(8)34-50/h23-36H,1-22H3. The molecule has 0 bridgehead atoms. The van der Waals surface area contributed by atoms with E-state index in [0.717, 1.165) is 83.6 Å². The Labute approximate surface area is 430 Å². The van der Waals surface area contributed by atoms with E-state index in [1.165, 1.54) is 5.56 Å². The van der Waals surface area contributed by atoms with Gasteiger partial charge in [-0.05, 0) is 216 Å². The van der Waals surface area contributed by atoms with E-state index in [9.17, 15) is 0 Å². The molecule has 0 aliphatic heterocycles. The number of ether oxygens (including phenoxy) is 1. The first-order valence-electron chi connectivity index (χ1n) is 24.8. The third kappa shape index (κ3) is 14.3. The molecule has 0 fully saturated rings. The molecule has 0 aliphatic rings. The van der Waals surface area contributed by atoms with Gasteiger partial charge in [0.15, 0.2) is 0 Å². The second-order valence-electron chi connectivity index (χ2n) is 23.8. The molecule has 6 aromatic carbocycles. The van der Waals surface area contributed by atoms with Crippen molar-refractivity contribution in [1.29, 1.82) is 0 Å². The normalized spacial score (nSPS) is 12.3. The Kier molecular flexibility index (Phi) is 16.4. The van der Waals surface area contributed by atoms with E-state index in [1.807, 2.05) is 48.5 Å². The maximum Gasteiger partial charge on any atom is 0.530 e. The molecular weight excluding hydrogens is 919 g/mol. The third-order valence-electron chi connectivity index (χ3n) is 12.0. The number of rotatable bonds is 14. The van der Waals surface area contributed by atoms with Crippen molar-refractivity contribution in [1.82, 2.24) is 0 Å². The van der Waals surface area contributed by atoms with E-state index < -0.39 is 33.6 Å². The van der Waals surface area contributed by atoms with Crippen LogP contribution in [0.25, 0.3) is 11.1 Å². The van der Waals surface area contributed by atoms with Crippen LogP contribution >= 0.6 is 17.2 Å². The minimum atomic E-state index is -2.16. The van der Waals surface area contributed by atoms with Gasteiger partial charge in [-0.1, -0.05) is 92.6 Å². The average Bonchev–Trinajstić information content (AvgIpc) is 3.16. The summed E-state index contributed by atoms with van der Waals surface area (Å²) in [6, 6.07) is 29.2. The van der Waals surface area contributed by atoms with Gasteiger partial charge in [-0.2, -0.15) is 0 Å². The van der Waals surface area contributed by atoms with Gasteiger partial charge in [0.1, 0.15) is 45.8 Å². The molecule has 0 unspecified atom stereocenters. The summed E-state index contributed by atoms with van der Waals surface area (Å²) < 4.78 is 49.9. The molecule has 0 heterocycles. The smallest absolute Gasteiger partial charge is 0.488 e. The van der Waals surface area contributed by atoms with Crippen molar-refractivity contribution >= 4 is 17.2 Å². The van der Waals surface area contributed by atoms with Crippen LogP contribution in [0.5, 0.6) is 40.2 Å². The van der Waals surface area contributed by atoms with Gasteiger partial charge < -0.3 is 31.9 Å². The van der Waals surface area contributed by atoms with Crippen molar-refractivity contribution in [2.24, 2.45) is 0 Å². The molecule has 0 aliphatic carbocycles. The van der Waals surface area contributed by atoms with Crippen LogP contribution in [0.3, 0.4) is 0 Å². The molecule has 0 N–H and O–H groups in total. The molecule has 0 spiro atoms. The van der Waals surface area contributed by atoms with E-state index in [1.54, 1.807) is 0 Å². The topological polar surface area (TPSA) is 64.6 Å². The summed E-state index contributed by atoms with van der Waals surface area (Å²) in [6.07, 6.45) is 0. The molecule has 7 nitrogen and oxygen atoms in total. The molecule has 0 amide bonds. The number of hydrogen-bond donors (Lipinski definition) is 0. The maximum absolute atomic E-state index is 7.57. The minimum absolute atomic E-state index is 0.278. The lowest BCUT2D eigenvalue weighted by Gasteiger charge is -2.35. The largest absolute Gasteiger partial charge is 0.530 e. The highest BCUT2D eigenvalue weighted by Crippen LogP contribution is 2.58. The zero-order valence-electron chi connectivity index (χ0n) is 46.8. The summed E-state index contributed by atoms with van der Waals surface area (Å²) in [5.74, 6) is 4.63. The van der Waals surface area contributed by atoms with E-state index in [2.05, 4.69) is 189 Å². The molecular formula is C62H80O7P2. The molecule has 6 rings (SSSR count). The first kappa shape index (κ1) is 55.1. The molecule has 380 valence electrons. The highest BCUT2D eigenvalue weighted by molar-refractivity contribution is 7.43. The van der Waals surface area contributed by atoms with Crippen LogP contribution in [0.2, 0.25) is 0 Å². The first-order chi connectivity index (χ1) is 32.7. The Balaban J connectivity index is 1.76. The molecule has 0 radical (unpaired) electrons. The van der Waals surface area contributed by atoms with Crippen LogP contribution in [0.4, 0.5) is 0 Å². The summed E-state index contributed by atoms with van der Waals surface area (Å²) in [4.78, 5) is 0.